The first kappa shape index (κ1) is 9.54. The molecule has 2 unspecified atom stereocenters. The molecule has 5 nitrogen and oxygen atoms in total. The molecule has 0 saturated carbocycles. The molecule has 0 bridgehead atoms. The van der Waals surface area contributed by atoms with E-state index in [1.807, 2.05) is 0 Å². The molecule has 0 amide bonds. The van der Waals surface area contributed by atoms with Gasteiger partial charge in [0.15, 0.2) is 6.10 Å². The summed E-state index contributed by atoms with van der Waals surface area (Å²) in [6.45, 7) is 1.28. The summed E-state index contributed by atoms with van der Waals surface area (Å²) >= 11 is -2.67. The Kier molecular flexibility index (Phi) is 4.17. The Morgan fingerprint density at radius 1 is 1.70 bits per heavy atom. The van der Waals surface area contributed by atoms with Crippen molar-refractivity contribution in [3.8, 4) is 0 Å². The highest BCUT2D eigenvalue weighted by Crippen LogP contribution is 1.94. The zero-order chi connectivity index (χ0) is 8.15. The molecule has 0 aromatic carbocycles. The molecule has 0 aliphatic carbocycles. The van der Waals surface area contributed by atoms with Crippen LogP contribution in [-0.2, 0) is 25.1 Å². The maximum atomic E-state index is 10.4. The molecule has 6 heteroatoms. The second-order valence-electron chi connectivity index (χ2n) is 1.47. The van der Waals surface area contributed by atoms with Crippen LogP contribution >= 0.6 is 0 Å². The third-order valence-corrected chi connectivity index (χ3v) is 1.20. The molecule has 0 fully saturated rings. The van der Waals surface area contributed by atoms with E-state index in [4.69, 9.17) is 0 Å². The van der Waals surface area contributed by atoms with E-state index in [-0.39, 0.29) is 0 Å². The largest absolute Gasteiger partial charge is 0.750 e. The Morgan fingerprint density at radius 3 is 2.50 bits per heavy atom. The Bertz CT molecular complexity index is 145. The van der Waals surface area contributed by atoms with Gasteiger partial charge in [0.2, 0.25) is 0 Å². The summed E-state index contributed by atoms with van der Waals surface area (Å²) in [5.41, 5.74) is 0. The van der Waals surface area contributed by atoms with Crippen LogP contribution in [0.25, 0.3) is 0 Å². The normalized spacial score (nSPS) is 15.9. The molecule has 0 aliphatic rings. The van der Waals surface area contributed by atoms with E-state index >= 15 is 0 Å². The highest BCUT2D eigenvalue weighted by atomic mass is 32.2. The maximum Gasteiger partial charge on any atom is 0.336 e. The quantitative estimate of drug-likeness (QED) is 0.412. The Hall–Kier alpha value is -0.460. The standard InChI is InChI=1S/C4H8O5S/c1-3(4(5)8-2)9-10(6)7/h3H,1-2H3,(H,6,7)/p-1. The second kappa shape index (κ2) is 4.37. The number of esters is 1. The van der Waals surface area contributed by atoms with Crippen molar-refractivity contribution in [2.45, 2.75) is 13.0 Å². The lowest BCUT2D eigenvalue weighted by Crippen LogP contribution is -2.22. The number of ether oxygens (including phenoxy) is 1. The lowest BCUT2D eigenvalue weighted by molar-refractivity contribution is -0.147. The summed E-state index contributed by atoms with van der Waals surface area (Å²) in [4.78, 5) is 10.4. The third-order valence-electron chi connectivity index (χ3n) is 0.756. The minimum Gasteiger partial charge on any atom is -0.750 e. The van der Waals surface area contributed by atoms with E-state index < -0.39 is 23.4 Å². The predicted molar refractivity (Wildman–Crippen MR) is 31.5 cm³/mol. The number of carbonyl (C=O) groups is 1. The van der Waals surface area contributed by atoms with Gasteiger partial charge in [-0.2, -0.15) is 0 Å². The number of hydrogen-bond donors (Lipinski definition) is 0. The van der Waals surface area contributed by atoms with Crippen molar-refractivity contribution in [1.82, 2.24) is 0 Å². The molecule has 0 saturated heterocycles. The number of hydrogen-bond acceptors (Lipinski definition) is 5. The average molecular weight is 167 g/mol. The predicted octanol–water partition coefficient (Wildman–Crippen LogP) is -0.641. The highest BCUT2D eigenvalue weighted by Gasteiger charge is 2.13. The molecule has 60 valence electrons. The zero-order valence-corrected chi connectivity index (χ0v) is 6.34. The van der Waals surface area contributed by atoms with Gasteiger partial charge >= 0.3 is 5.97 Å². The van der Waals surface area contributed by atoms with Gasteiger partial charge in [-0.05, 0) is 6.92 Å². The van der Waals surface area contributed by atoms with Crippen LogP contribution in [0.15, 0.2) is 0 Å². The van der Waals surface area contributed by atoms with Crippen molar-refractivity contribution < 1.29 is 22.5 Å². The summed E-state index contributed by atoms with van der Waals surface area (Å²) in [5.74, 6) is -0.718. The molecule has 0 rings (SSSR count). The summed E-state index contributed by atoms with van der Waals surface area (Å²) in [6.07, 6.45) is -1.07. The van der Waals surface area contributed by atoms with Gasteiger partial charge in [0.25, 0.3) is 0 Å². The molecular weight excluding hydrogens is 160 g/mol. The van der Waals surface area contributed by atoms with Gasteiger partial charge in [0.1, 0.15) is 0 Å². The molecule has 2 atom stereocenters. The van der Waals surface area contributed by atoms with E-state index in [2.05, 4.69) is 8.92 Å². The first-order chi connectivity index (χ1) is 4.57. The Balaban J connectivity index is 3.72. The fraction of sp³-hybridized carbons (Fsp3) is 0.750. The molecule has 0 radical (unpaired) electrons. The molecular formula is C4H7O5S-. The van der Waals surface area contributed by atoms with Gasteiger partial charge in [0, 0.05) is 0 Å². The third kappa shape index (κ3) is 3.54. The molecule has 0 aliphatic heterocycles. The van der Waals surface area contributed by atoms with Gasteiger partial charge in [-0.15, -0.1) is 0 Å². The van der Waals surface area contributed by atoms with Crippen molar-refractivity contribution in [3.05, 3.63) is 0 Å². The van der Waals surface area contributed by atoms with Crippen molar-refractivity contribution in [2.24, 2.45) is 0 Å². The monoisotopic (exact) mass is 167 g/mol. The number of methoxy groups -OCH3 is 1. The second-order valence-corrected chi connectivity index (χ2v) is 2.07. The molecule has 0 heterocycles. The van der Waals surface area contributed by atoms with E-state index in [0.29, 0.717) is 0 Å². The van der Waals surface area contributed by atoms with Crippen LogP contribution in [0, 0.1) is 0 Å². The van der Waals surface area contributed by atoms with Crippen LogP contribution in [0.3, 0.4) is 0 Å². The molecule has 0 spiro atoms. The Labute approximate surface area is 60.8 Å². The molecule has 0 aromatic rings. The van der Waals surface area contributed by atoms with Crippen LogP contribution in [-0.4, -0.2) is 27.9 Å². The molecule has 10 heavy (non-hydrogen) atoms. The van der Waals surface area contributed by atoms with Crippen molar-refractivity contribution in [2.75, 3.05) is 7.11 Å². The van der Waals surface area contributed by atoms with E-state index in [1.54, 1.807) is 0 Å². The van der Waals surface area contributed by atoms with Gasteiger partial charge in [-0.25, -0.2) is 9.00 Å². The van der Waals surface area contributed by atoms with Crippen LogP contribution < -0.4 is 0 Å². The van der Waals surface area contributed by atoms with Crippen molar-refractivity contribution in [3.63, 3.8) is 0 Å². The minimum absolute atomic E-state index is 0.718. The van der Waals surface area contributed by atoms with E-state index in [0.717, 1.165) is 7.11 Å². The topological polar surface area (TPSA) is 75.7 Å². The summed E-state index contributed by atoms with van der Waals surface area (Å²) < 4.78 is 27.8. The lowest BCUT2D eigenvalue weighted by atomic mass is 10.4. The maximum absolute atomic E-state index is 10.4. The molecule has 0 aromatic heterocycles. The summed E-state index contributed by atoms with van der Waals surface area (Å²) in [6, 6.07) is 0. The van der Waals surface area contributed by atoms with Crippen molar-refractivity contribution >= 4 is 17.3 Å². The lowest BCUT2D eigenvalue weighted by Gasteiger charge is -2.10. The minimum atomic E-state index is -2.67. The van der Waals surface area contributed by atoms with Gasteiger partial charge < -0.3 is 9.29 Å². The summed E-state index contributed by atoms with van der Waals surface area (Å²) in [5, 5.41) is 0. The van der Waals surface area contributed by atoms with Crippen LogP contribution in [0.4, 0.5) is 0 Å². The van der Waals surface area contributed by atoms with Crippen LogP contribution in [0.5, 0.6) is 0 Å². The average Bonchev–Trinajstić information content (AvgIpc) is 1.85. The van der Waals surface area contributed by atoms with Gasteiger partial charge in [0.05, 0.1) is 18.5 Å². The van der Waals surface area contributed by atoms with E-state index in [9.17, 15) is 13.6 Å². The smallest absolute Gasteiger partial charge is 0.336 e. The molecule has 0 N–H and O–H groups in total. The fourth-order valence-corrected chi connectivity index (χ4v) is 0.637. The van der Waals surface area contributed by atoms with Crippen LogP contribution in [0.1, 0.15) is 6.92 Å². The first-order valence-corrected chi connectivity index (χ1v) is 3.42. The first-order valence-electron chi connectivity index (χ1n) is 2.42. The SMILES string of the molecule is COC(=O)C(C)OS(=O)[O-]. The van der Waals surface area contributed by atoms with Crippen molar-refractivity contribution in [1.29, 1.82) is 0 Å². The number of carbonyl (C=O) groups excluding carboxylic acids is 1. The number of rotatable bonds is 3. The van der Waals surface area contributed by atoms with Crippen LogP contribution in [0.2, 0.25) is 0 Å². The fourth-order valence-electron chi connectivity index (χ4n) is 0.323. The highest BCUT2D eigenvalue weighted by molar-refractivity contribution is 7.74. The van der Waals surface area contributed by atoms with Gasteiger partial charge in [-0.1, -0.05) is 0 Å². The Morgan fingerprint density at radius 2 is 2.20 bits per heavy atom. The van der Waals surface area contributed by atoms with E-state index in [1.165, 1.54) is 6.92 Å². The zero-order valence-electron chi connectivity index (χ0n) is 5.53. The summed E-state index contributed by atoms with van der Waals surface area (Å²) in [7, 11) is 1.15. The van der Waals surface area contributed by atoms with Gasteiger partial charge in [-0.3, -0.25) is 4.18 Å².